The molecule has 0 atom stereocenters. The molecule has 0 unspecified atom stereocenters. The summed E-state index contributed by atoms with van der Waals surface area (Å²) >= 11 is 0. The lowest BCUT2D eigenvalue weighted by atomic mass is 10.0. The SMILES string of the molecule is O=C(c1ccccc1-c1ncc[nH]1)N1CC(O)C1. The number of aliphatic hydroxyl groups excluding tert-OH is 1. The number of hydrogen-bond donors (Lipinski definition) is 2. The summed E-state index contributed by atoms with van der Waals surface area (Å²) in [6, 6.07) is 7.35. The molecule has 0 spiro atoms. The van der Waals surface area contributed by atoms with Crippen molar-refractivity contribution in [2.75, 3.05) is 13.1 Å². The molecule has 92 valence electrons. The molecule has 1 aromatic heterocycles. The fourth-order valence-corrected chi connectivity index (χ4v) is 2.08. The number of imidazole rings is 1. The first-order valence-corrected chi connectivity index (χ1v) is 5.82. The lowest BCUT2D eigenvalue weighted by molar-refractivity contribution is 0.00594. The smallest absolute Gasteiger partial charge is 0.254 e. The second kappa shape index (κ2) is 4.27. The molecule has 5 heteroatoms. The first-order valence-electron chi connectivity index (χ1n) is 5.82. The van der Waals surface area contributed by atoms with Crippen LogP contribution in [0.1, 0.15) is 10.4 Å². The van der Waals surface area contributed by atoms with E-state index in [4.69, 9.17) is 0 Å². The molecular weight excluding hydrogens is 230 g/mol. The van der Waals surface area contributed by atoms with Crippen molar-refractivity contribution in [2.45, 2.75) is 6.10 Å². The number of carbonyl (C=O) groups excluding carboxylic acids is 1. The molecule has 1 aromatic carbocycles. The van der Waals surface area contributed by atoms with E-state index in [0.717, 1.165) is 5.56 Å². The minimum atomic E-state index is -0.385. The van der Waals surface area contributed by atoms with Crippen molar-refractivity contribution in [3.05, 3.63) is 42.2 Å². The number of aromatic nitrogens is 2. The number of aromatic amines is 1. The topological polar surface area (TPSA) is 69.2 Å². The average Bonchev–Trinajstić information content (AvgIpc) is 2.88. The zero-order valence-corrected chi connectivity index (χ0v) is 9.71. The van der Waals surface area contributed by atoms with Gasteiger partial charge in [0.05, 0.1) is 11.7 Å². The Labute approximate surface area is 104 Å². The number of nitrogens with one attached hydrogen (secondary N) is 1. The van der Waals surface area contributed by atoms with Gasteiger partial charge in [-0.1, -0.05) is 18.2 Å². The van der Waals surface area contributed by atoms with Gasteiger partial charge in [-0.3, -0.25) is 4.79 Å². The molecule has 5 nitrogen and oxygen atoms in total. The second-order valence-corrected chi connectivity index (χ2v) is 4.35. The molecule has 0 saturated carbocycles. The molecule has 2 heterocycles. The average molecular weight is 243 g/mol. The fraction of sp³-hybridized carbons (Fsp3) is 0.231. The van der Waals surface area contributed by atoms with Gasteiger partial charge in [0.2, 0.25) is 0 Å². The summed E-state index contributed by atoms with van der Waals surface area (Å²) < 4.78 is 0. The van der Waals surface area contributed by atoms with E-state index in [1.54, 1.807) is 23.4 Å². The Bertz CT molecular complexity index is 559. The predicted molar refractivity (Wildman–Crippen MR) is 65.9 cm³/mol. The number of rotatable bonds is 2. The van der Waals surface area contributed by atoms with Gasteiger partial charge in [0, 0.05) is 31.0 Å². The zero-order chi connectivity index (χ0) is 12.5. The van der Waals surface area contributed by atoms with Gasteiger partial charge in [-0.2, -0.15) is 0 Å². The van der Waals surface area contributed by atoms with Gasteiger partial charge in [-0.15, -0.1) is 0 Å². The van der Waals surface area contributed by atoms with Gasteiger partial charge in [0.25, 0.3) is 5.91 Å². The van der Waals surface area contributed by atoms with E-state index in [1.165, 1.54) is 0 Å². The molecule has 1 aliphatic heterocycles. The number of carbonyl (C=O) groups is 1. The molecule has 3 rings (SSSR count). The summed E-state index contributed by atoms with van der Waals surface area (Å²) in [5.74, 6) is 0.618. The van der Waals surface area contributed by atoms with Crippen molar-refractivity contribution in [1.29, 1.82) is 0 Å². The van der Waals surface area contributed by atoms with Crippen LogP contribution in [0.4, 0.5) is 0 Å². The molecule has 0 radical (unpaired) electrons. The van der Waals surface area contributed by atoms with Crippen molar-refractivity contribution in [1.82, 2.24) is 14.9 Å². The third kappa shape index (κ3) is 1.78. The highest BCUT2D eigenvalue weighted by molar-refractivity contribution is 6.00. The van der Waals surface area contributed by atoms with Crippen molar-refractivity contribution >= 4 is 5.91 Å². The standard InChI is InChI=1S/C13H13N3O2/c17-9-7-16(8-9)13(18)11-4-2-1-3-10(11)12-14-5-6-15-12/h1-6,9,17H,7-8H2,(H,14,15). The summed E-state index contributed by atoms with van der Waals surface area (Å²) in [7, 11) is 0. The van der Waals surface area contributed by atoms with Crippen LogP contribution in [-0.2, 0) is 0 Å². The molecule has 1 fully saturated rings. The minimum Gasteiger partial charge on any atom is -0.389 e. The largest absolute Gasteiger partial charge is 0.389 e. The summed E-state index contributed by atoms with van der Waals surface area (Å²) in [6.07, 6.45) is 3.00. The lowest BCUT2D eigenvalue weighted by Gasteiger charge is -2.36. The van der Waals surface area contributed by atoms with Gasteiger partial charge >= 0.3 is 0 Å². The number of β-amino-alcohol motifs (C(OH)–C–C–N with tert-alkyl or cyclic N) is 1. The molecule has 1 saturated heterocycles. The Morgan fingerprint density at radius 3 is 2.83 bits per heavy atom. The minimum absolute atomic E-state index is 0.0627. The highest BCUT2D eigenvalue weighted by Crippen LogP contribution is 2.23. The first-order chi connectivity index (χ1) is 8.75. The summed E-state index contributed by atoms with van der Waals surface area (Å²) in [5.41, 5.74) is 1.40. The fourth-order valence-electron chi connectivity index (χ4n) is 2.08. The molecule has 0 aliphatic carbocycles. The Kier molecular flexibility index (Phi) is 2.60. The molecule has 1 amide bonds. The number of aliphatic hydroxyl groups is 1. The Balaban J connectivity index is 1.95. The van der Waals surface area contributed by atoms with Crippen LogP contribution < -0.4 is 0 Å². The number of nitrogens with zero attached hydrogens (tertiary/aromatic N) is 2. The lowest BCUT2D eigenvalue weighted by Crippen LogP contribution is -2.53. The summed E-state index contributed by atoms with van der Waals surface area (Å²) in [4.78, 5) is 21.1. The quantitative estimate of drug-likeness (QED) is 0.823. The van der Waals surface area contributed by atoms with Crippen molar-refractivity contribution in [3.63, 3.8) is 0 Å². The molecule has 1 aliphatic rings. The number of H-pyrrole nitrogens is 1. The molecular formula is C13H13N3O2. The molecule has 18 heavy (non-hydrogen) atoms. The van der Waals surface area contributed by atoms with Crippen molar-refractivity contribution in [3.8, 4) is 11.4 Å². The van der Waals surface area contributed by atoms with Gasteiger partial charge in [-0.25, -0.2) is 4.98 Å². The Morgan fingerprint density at radius 1 is 1.39 bits per heavy atom. The highest BCUT2D eigenvalue weighted by Gasteiger charge is 2.30. The van der Waals surface area contributed by atoms with Crippen LogP contribution in [-0.4, -0.2) is 45.1 Å². The van der Waals surface area contributed by atoms with E-state index in [9.17, 15) is 9.90 Å². The Morgan fingerprint density at radius 2 is 2.17 bits per heavy atom. The second-order valence-electron chi connectivity index (χ2n) is 4.35. The van der Waals surface area contributed by atoms with Gasteiger partial charge < -0.3 is 15.0 Å². The van der Waals surface area contributed by atoms with Crippen LogP contribution in [0.2, 0.25) is 0 Å². The van der Waals surface area contributed by atoms with E-state index >= 15 is 0 Å². The molecule has 2 aromatic rings. The number of amides is 1. The van der Waals surface area contributed by atoms with Crippen LogP contribution in [0.15, 0.2) is 36.7 Å². The monoisotopic (exact) mass is 243 g/mol. The van der Waals surface area contributed by atoms with Crippen LogP contribution >= 0.6 is 0 Å². The highest BCUT2D eigenvalue weighted by atomic mass is 16.3. The number of hydrogen-bond acceptors (Lipinski definition) is 3. The van der Waals surface area contributed by atoms with E-state index in [2.05, 4.69) is 9.97 Å². The number of benzene rings is 1. The molecule has 2 N–H and O–H groups in total. The maximum Gasteiger partial charge on any atom is 0.254 e. The van der Waals surface area contributed by atoms with Crippen molar-refractivity contribution in [2.24, 2.45) is 0 Å². The van der Waals surface area contributed by atoms with Gasteiger partial charge in [-0.05, 0) is 6.07 Å². The predicted octanol–water partition coefficient (Wildman–Crippen LogP) is 0.893. The first kappa shape index (κ1) is 11.0. The van der Waals surface area contributed by atoms with E-state index in [0.29, 0.717) is 24.5 Å². The molecule has 0 bridgehead atoms. The normalized spacial score (nSPS) is 15.5. The van der Waals surface area contributed by atoms with Crippen LogP contribution in [0.5, 0.6) is 0 Å². The summed E-state index contributed by atoms with van der Waals surface area (Å²) in [5, 5.41) is 9.25. The third-order valence-corrected chi connectivity index (χ3v) is 3.06. The van der Waals surface area contributed by atoms with Gasteiger partial charge in [0.15, 0.2) is 0 Å². The van der Waals surface area contributed by atoms with Crippen LogP contribution in [0.25, 0.3) is 11.4 Å². The van der Waals surface area contributed by atoms with Crippen LogP contribution in [0, 0.1) is 0 Å². The third-order valence-electron chi connectivity index (χ3n) is 3.06. The van der Waals surface area contributed by atoms with Crippen LogP contribution in [0.3, 0.4) is 0 Å². The van der Waals surface area contributed by atoms with Crippen molar-refractivity contribution < 1.29 is 9.90 Å². The number of likely N-dealkylation sites (tertiary alicyclic amines) is 1. The van der Waals surface area contributed by atoms with E-state index in [-0.39, 0.29) is 12.0 Å². The maximum absolute atomic E-state index is 12.3. The zero-order valence-electron chi connectivity index (χ0n) is 9.71. The maximum atomic E-state index is 12.3. The van der Waals surface area contributed by atoms with E-state index in [1.807, 2.05) is 18.2 Å². The van der Waals surface area contributed by atoms with Gasteiger partial charge in [0.1, 0.15) is 5.82 Å². The van der Waals surface area contributed by atoms with E-state index < -0.39 is 0 Å². The Hall–Kier alpha value is -2.14. The summed E-state index contributed by atoms with van der Waals surface area (Å²) in [6.45, 7) is 0.816.